The maximum Gasteiger partial charge on any atom is 0.0979 e. The summed E-state index contributed by atoms with van der Waals surface area (Å²) in [5.74, 6) is 0. The molecule has 228 valence electrons. The average molecular weight is 641 g/mol. The maximum atomic E-state index is 5.24. The average Bonchev–Trinajstić information content (AvgIpc) is 3.57. The molecule has 3 heteroatoms. The van der Waals surface area contributed by atoms with Crippen LogP contribution >= 0.6 is 11.3 Å². The van der Waals surface area contributed by atoms with Crippen molar-refractivity contribution in [2.45, 2.75) is 0 Å². The molecule has 0 aliphatic rings. The predicted molar refractivity (Wildman–Crippen MR) is 209 cm³/mol. The summed E-state index contributed by atoms with van der Waals surface area (Å²) in [5, 5.41) is 7.31. The van der Waals surface area contributed by atoms with Gasteiger partial charge in [0.15, 0.2) is 0 Å². The van der Waals surface area contributed by atoms with Crippen LogP contribution in [0.15, 0.2) is 170 Å². The lowest BCUT2D eigenvalue weighted by molar-refractivity contribution is 1.31. The Kier molecular flexibility index (Phi) is 6.39. The molecule has 0 N–H and O–H groups in total. The van der Waals surface area contributed by atoms with Crippen LogP contribution in [0.3, 0.4) is 0 Å². The molecule has 0 aliphatic heterocycles. The molecule has 0 fully saturated rings. The highest BCUT2D eigenvalue weighted by Gasteiger charge is 2.14. The Morgan fingerprint density at radius 2 is 0.857 bits per heavy atom. The highest BCUT2D eigenvalue weighted by molar-refractivity contribution is 7.26. The summed E-state index contributed by atoms with van der Waals surface area (Å²) in [6.07, 6.45) is 1.92. The SMILES string of the molecule is c1cc(-c2cccc(-c3cnc4c5ccccc5c5ccccc5c4n3)c2)cc(-c2cccc(-c3cccc4c3sc3ccccc34)c2)c1. The topological polar surface area (TPSA) is 25.8 Å². The van der Waals surface area contributed by atoms with E-state index >= 15 is 0 Å². The van der Waals surface area contributed by atoms with Crippen molar-refractivity contribution in [2.75, 3.05) is 0 Å². The molecule has 2 aromatic heterocycles. The second kappa shape index (κ2) is 11.2. The first-order valence-electron chi connectivity index (χ1n) is 16.6. The second-order valence-electron chi connectivity index (χ2n) is 12.6. The van der Waals surface area contributed by atoms with E-state index in [4.69, 9.17) is 9.97 Å². The smallest absolute Gasteiger partial charge is 0.0979 e. The standard InChI is InChI=1S/C46H28N2S/c1-3-20-39-36(17-1)37-18-2-4-21-40(37)45-44(39)47-28-42(48-45)34-16-9-14-32(27-34)30-12-7-11-29(25-30)31-13-8-15-33(26-31)35-22-10-23-41-38-19-5-6-24-43(38)49-46(35)41/h1-28H. The monoisotopic (exact) mass is 640 g/mol. The van der Waals surface area contributed by atoms with Gasteiger partial charge in [0.05, 0.1) is 22.9 Å². The number of thiophene rings is 1. The third-order valence-electron chi connectivity index (χ3n) is 9.69. The fourth-order valence-electron chi connectivity index (χ4n) is 7.34. The van der Waals surface area contributed by atoms with Gasteiger partial charge in [-0.1, -0.05) is 140 Å². The first-order chi connectivity index (χ1) is 24.3. The third kappa shape index (κ3) is 4.62. The van der Waals surface area contributed by atoms with Crippen LogP contribution < -0.4 is 0 Å². The Balaban J connectivity index is 1.04. The van der Waals surface area contributed by atoms with Crippen LogP contribution in [0.5, 0.6) is 0 Å². The van der Waals surface area contributed by atoms with Gasteiger partial charge in [-0.3, -0.25) is 4.98 Å². The van der Waals surface area contributed by atoms with Gasteiger partial charge in [0, 0.05) is 36.5 Å². The maximum absolute atomic E-state index is 5.24. The summed E-state index contributed by atoms with van der Waals surface area (Å²) in [6, 6.07) is 58.8. The number of benzene rings is 8. The van der Waals surface area contributed by atoms with E-state index in [0.29, 0.717) is 0 Å². The van der Waals surface area contributed by atoms with E-state index in [1.54, 1.807) is 0 Å². The molecule has 0 unspecified atom stereocenters. The van der Waals surface area contributed by atoms with Crippen molar-refractivity contribution in [3.63, 3.8) is 0 Å². The lowest BCUT2D eigenvalue weighted by Crippen LogP contribution is -1.92. The fraction of sp³-hybridized carbons (Fsp3) is 0. The van der Waals surface area contributed by atoms with E-state index in [-0.39, 0.29) is 0 Å². The number of hydrogen-bond donors (Lipinski definition) is 0. The number of aromatic nitrogens is 2. The second-order valence-corrected chi connectivity index (χ2v) is 13.6. The molecule has 49 heavy (non-hydrogen) atoms. The quantitative estimate of drug-likeness (QED) is 0.179. The lowest BCUT2D eigenvalue weighted by atomic mass is 9.95. The summed E-state index contributed by atoms with van der Waals surface area (Å²) in [5.41, 5.74) is 11.0. The van der Waals surface area contributed by atoms with Gasteiger partial charge in [-0.25, -0.2) is 4.98 Å². The van der Waals surface area contributed by atoms with E-state index in [1.807, 2.05) is 17.5 Å². The number of rotatable bonds is 4. The zero-order chi connectivity index (χ0) is 32.3. The molecule has 0 amide bonds. The van der Waals surface area contributed by atoms with Crippen LogP contribution in [0.2, 0.25) is 0 Å². The molecule has 10 rings (SSSR count). The highest BCUT2D eigenvalue weighted by atomic mass is 32.1. The van der Waals surface area contributed by atoms with Crippen molar-refractivity contribution in [3.05, 3.63) is 170 Å². The fourth-order valence-corrected chi connectivity index (χ4v) is 8.58. The van der Waals surface area contributed by atoms with Crippen molar-refractivity contribution >= 4 is 64.1 Å². The van der Waals surface area contributed by atoms with Gasteiger partial charge in [-0.15, -0.1) is 11.3 Å². The lowest BCUT2D eigenvalue weighted by Gasteiger charge is -2.11. The van der Waals surface area contributed by atoms with Crippen LogP contribution in [-0.4, -0.2) is 9.97 Å². The Hall–Kier alpha value is -6.16. The molecule has 0 saturated carbocycles. The van der Waals surface area contributed by atoms with Gasteiger partial charge >= 0.3 is 0 Å². The van der Waals surface area contributed by atoms with Gasteiger partial charge in [0.1, 0.15) is 0 Å². The molecule has 10 aromatic rings. The Bertz CT molecular complexity index is 2870. The van der Waals surface area contributed by atoms with E-state index in [1.165, 1.54) is 58.8 Å². The van der Waals surface area contributed by atoms with Crippen LogP contribution in [0.25, 0.3) is 97.4 Å². The molecule has 0 radical (unpaired) electrons. The zero-order valence-corrected chi connectivity index (χ0v) is 27.3. The predicted octanol–water partition coefficient (Wildman–Crippen LogP) is 13.0. The molecule has 8 aromatic carbocycles. The molecule has 0 atom stereocenters. The van der Waals surface area contributed by atoms with E-state index < -0.39 is 0 Å². The van der Waals surface area contributed by atoms with Gasteiger partial charge < -0.3 is 0 Å². The molecule has 0 aliphatic carbocycles. The summed E-state index contributed by atoms with van der Waals surface area (Å²) < 4.78 is 2.66. The van der Waals surface area contributed by atoms with E-state index in [0.717, 1.165) is 38.6 Å². The zero-order valence-electron chi connectivity index (χ0n) is 26.5. The largest absolute Gasteiger partial charge is 0.252 e. The Morgan fingerprint density at radius 3 is 1.55 bits per heavy atom. The number of nitrogens with zero attached hydrogens (tertiary/aromatic N) is 2. The van der Waals surface area contributed by atoms with Crippen molar-refractivity contribution < 1.29 is 0 Å². The molecule has 0 bridgehead atoms. The van der Waals surface area contributed by atoms with Gasteiger partial charge in [0.2, 0.25) is 0 Å². The van der Waals surface area contributed by atoms with Crippen LogP contribution in [0.4, 0.5) is 0 Å². The van der Waals surface area contributed by atoms with Crippen molar-refractivity contribution in [3.8, 4) is 44.6 Å². The summed E-state index contributed by atoms with van der Waals surface area (Å²) >= 11 is 1.88. The van der Waals surface area contributed by atoms with Crippen LogP contribution in [0, 0.1) is 0 Å². The minimum atomic E-state index is 0.869. The van der Waals surface area contributed by atoms with Gasteiger partial charge in [-0.2, -0.15) is 0 Å². The van der Waals surface area contributed by atoms with Crippen molar-refractivity contribution in [1.29, 1.82) is 0 Å². The highest BCUT2D eigenvalue weighted by Crippen LogP contribution is 2.41. The minimum absolute atomic E-state index is 0.869. The molecular formula is C46H28N2S. The first kappa shape index (κ1) is 27.9. The third-order valence-corrected chi connectivity index (χ3v) is 10.9. The van der Waals surface area contributed by atoms with Gasteiger partial charge in [-0.05, 0) is 68.4 Å². The molecule has 2 nitrogen and oxygen atoms in total. The summed E-state index contributed by atoms with van der Waals surface area (Å²) in [7, 11) is 0. The molecule has 0 saturated heterocycles. The van der Waals surface area contributed by atoms with Crippen molar-refractivity contribution in [2.24, 2.45) is 0 Å². The first-order valence-corrected chi connectivity index (χ1v) is 17.4. The number of hydrogen-bond acceptors (Lipinski definition) is 3. The van der Waals surface area contributed by atoms with E-state index in [2.05, 4.69) is 164 Å². The van der Waals surface area contributed by atoms with E-state index in [9.17, 15) is 0 Å². The van der Waals surface area contributed by atoms with Gasteiger partial charge in [0.25, 0.3) is 0 Å². The van der Waals surface area contributed by atoms with Crippen molar-refractivity contribution in [1.82, 2.24) is 9.97 Å². The van der Waals surface area contributed by atoms with Crippen LogP contribution in [0.1, 0.15) is 0 Å². The molecular weight excluding hydrogens is 613 g/mol. The summed E-state index contributed by atoms with van der Waals surface area (Å²) in [4.78, 5) is 10.2. The normalized spacial score (nSPS) is 11.7. The Labute approximate surface area is 287 Å². The molecule has 0 spiro atoms. The minimum Gasteiger partial charge on any atom is -0.252 e. The summed E-state index contributed by atoms with van der Waals surface area (Å²) in [6.45, 7) is 0. The number of fused-ring (bicyclic) bond motifs is 9. The molecule has 2 heterocycles. The van der Waals surface area contributed by atoms with Crippen LogP contribution in [-0.2, 0) is 0 Å². The Morgan fingerprint density at radius 1 is 0.367 bits per heavy atom.